The SMILES string of the molecule is CC1=NS(=O)(=O)N(C)C=C1C(=O)OCc1noc(-c2ccccc2F)n1. The Morgan fingerprint density at radius 3 is 2.81 bits per heavy atom. The van der Waals surface area contributed by atoms with E-state index in [4.69, 9.17) is 9.26 Å². The summed E-state index contributed by atoms with van der Waals surface area (Å²) in [5.74, 6) is -1.34. The Hall–Kier alpha value is -3.08. The van der Waals surface area contributed by atoms with Crippen molar-refractivity contribution in [1.29, 1.82) is 0 Å². The Labute approximate surface area is 148 Å². The van der Waals surface area contributed by atoms with Gasteiger partial charge in [0.1, 0.15) is 5.82 Å². The Morgan fingerprint density at radius 1 is 1.35 bits per heavy atom. The second-order valence-corrected chi connectivity index (χ2v) is 6.94. The Bertz CT molecular complexity index is 1030. The molecule has 0 saturated heterocycles. The molecule has 26 heavy (non-hydrogen) atoms. The highest BCUT2D eigenvalue weighted by Gasteiger charge is 2.26. The van der Waals surface area contributed by atoms with Gasteiger partial charge in [-0.3, -0.25) is 4.31 Å². The maximum atomic E-state index is 13.7. The number of benzene rings is 1. The van der Waals surface area contributed by atoms with Crippen molar-refractivity contribution in [1.82, 2.24) is 14.4 Å². The van der Waals surface area contributed by atoms with Gasteiger partial charge in [0.05, 0.1) is 16.8 Å². The van der Waals surface area contributed by atoms with Crippen LogP contribution in [0, 0.1) is 5.82 Å². The highest BCUT2D eigenvalue weighted by molar-refractivity contribution is 7.88. The molecular formula is C15H13FN4O5S. The minimum Gasteiger partial charge on any atom is -0.454 e. The summed E-state index contributed by atoms with van der Waals surface area (Å²) in [6, 6.07) is 5.87. The number of hydrogen-bond acceptors (Lipinski definition) is 7. The number of carbonyl (C=O) groups is 1. The molecular weight excluding hydrogens is 367 g/mol. The van der Waals surface area contributed by atoms with E-state index in [1.807, 2.05) is 0 Å². The van der Waals surface area contributed by atoms with Crippen molar-refractivity contribution in [3.05, 3.63) is 47.7 Å². The molecule has 0 radical (unpaired) electrons. The van der Waals surface area contributed by atoms with Crippen LogP contribution < -0.4 is 0 Å². The van der Waals surface area contributed by atoms with Crippen molar-refractivity contribution < 1.29 is 26.9 Å². The van der Waals surface area contributed by atoms with Gasteiger partial charge < -0.3 is 9.26 Å². The quantitative estimate of drug-likeness (QED) is 0.737. The fourth-order valence-electron chi connectivity index (χ4n) is 2.09. The second-order valence-electron chi connectivity index (χ2n) is 5.29. The summed E-state index contributed by atoms with van der Waals surface area (Å²) in [5, 5.41) is 3.62. The molecule has 1 aromatic heterocycles. The monoisotopic (exact) mass is 380 g/mol. The standard InChI is InChI=1S/C15H13FN4O5S/c1-9-11(7-20(2)26(22,23)19-9)15(21)24-8-13-17-14(25-18-13)10-5-3-4-6-12(10)16/h3-7H,8H2,1-2H3. The number of rotatable bonds is 4. The van der Waals surface area contributed by atoms with Crippen LogP contribution in [0.5, 0.6) is 0 Å². The molecule has 2 heterocycles. The fraction of sp³-hybridized carbons (Fsp3) is 0.200. The minimum atomic E-state index is -3.81. The van der Waals surface area contributed by atoms with Crippen LogP contribution in [0.2, 0.25) is 0 Å². The summed E-state index contributed by atoms with van der Waals surface area (Å²) >= 11 is 0. The number of hydrogen-bond donors (Lipinski definition) is 0. The van der Waals surface area contributed by atoms with Crippen LogP contribution in [-0.2, 0) is 26.3 Å². The number of aromatic nitrogens is 2. The average molecular weight is 380 g/mol. The van der Waals surface area contributed by atoms with Crippen LogP contribution >= 0.6 is 0 Å². The number of halogens is 1. The Kier molecular flexibility index (Phi) is 4.55. The molecule has 0 bridgehead atoms. The van der Waals surface area contributed by atoms with E-state index in [2.05, 4.69) is 14.5 Å². The van der Waals surface area contributed by atoms with Gasteiger partial charge >= 0.3 is 16.2 Å². The average Bonchev–Trinajstić information content (AvgIpc) is 3.05. The van der Waals surface area contributed by atoms with Gasteiger partial charge in [0.2, 0.25) is 5.82 Å². The zero-order valence-corrected chi connectivity index (χ0v) is 14.5. The van der Waals surface area contributed by atoms with Crippen LogP contribution in [0.25, 0.3) is 11.5 Å². The highest BCUT2D eigenvalue weighted by Crippen LogP contribution is 2.21. The first-order chi connectivity index (χ1) is 12.3. The maximum Gasteiger partial charge on any atom is 0.344 e. The van der Waals surface area contributed by atoms with Crippen LogP contribution in [0.3, 0.4) is 0 Å². The summed E-state index contributed by atoms with van der Waals surface area (Å²) < 4.78 is 51.1. The largest absolute Gasteiger partial charge is 0.454 e. The van der Waals surface area contributed by atoms with Gasteiger partial charge in [0.15, 0.2) is 6.61 Å². The predicted octanol–water partition coefficient (Wildman–Crippen LogP) is 1.45. The van der Waals surface area contributed by atoms with E-state index in [1.165, 1.54) is 32.2 Å². The first-order valence-electron chi connectivity index (χ1n) is 7.29. The smallest absolute Gasteiger partial charge is 0.344 e. The molecule has 3 rings (SSSR count). The lowest BCUT2D eigenvalue weighted by Crippen LogP contribution is -2.29. The topological polar surface area (TPSA) is 115 Å². The molecule has 11 heteroatoms. The van der Waals surface area contributed by atoms with Crippen molar-refractivity contribution in [2.75, 3.05) is 7.05 Å². The van der Waals surface area contributed by atoms with E-state index in [0.717, 1.165) is 10.5 Å². The van der Waals surface area contributed by atoms with Crippen LogP contribution in [-0.4, -0.2) is 41.6 Å². The second kappa shape index (κ2) is 6.67. The molecule has 9 nitrogen and oxygen atoms in total. The van der Waals surface area contributed by atoms with Gasteiger partial charge in [-0.15, -0.1) is 4.40 Å². The van der Waals surface area contributed by atoms with Gasteiger partial charge in [-0.25, -0.2) is 9.18 Å². The minimum absolute atomic E-state index is 0.00765. The van der Waals surface area contributed by atoms with E-state index in [9.17, 15) is 17.6 Å². The highest BCUT2D eigenvalue weighted by atomic mass is 32.2. The molecule has 2 aromatic rings. The van der Waals surface area contributed by atoms with Gasteiger partial charge in [-0.1, -0.05) is 17.3 Å². The lowest BCUT2D eigenvalue weighted by atomic mass is 10.2. The van der Waals surface area contributed by atoms with Crippen LogP contribution in [0.4, 0.5) is 4.39 Å². The number of esters is 1. The first-order valence-corrected chi connectivity index (χ1v) is 8.69. The van der Waals surface area contributed by atoms with E-state index >= 15 is 0 Å². The van der Waals surface area contributed by atoms with Crippen LogP contribution in [0.1, 0.15) is 12.7 Å². The summed E-state index contributed by atoms with van der Waals surface area (Å²) in [6.07, 6.45) is 1.11. The molecule has 1 aromatic carbocycles. The summed E-state index contributed by atoms with van der Waals surface area (Å²) in [7, 11) is -2.57. The lowest BCUT2D eigenvalue weighted by Gasteiger charge is -2.18. The molecule has 1 aliphatic rings. The maximum absolute atomic E-state index is 13.7. The van der Waals surface area contributed by atoms with E-state index < -0.39 is 22.0 Å². The molecule has 0 N–H and O–H groups in total. The predicted molar refractivity (Wildman–Crippen MR) is 87.4 cm³/mol. The molecule has 0 amide bonds. The molecule has 1 aliphatic heterocycles. The third kappa shape index (κ3) is 3.47. The Morgan fingerprint density at radius 2 is 2.08 bits per heavy atom. The Balaban J connectivity index is 1.70. The zero-order valence-electron chi connectivity index (χ0n) is 13.7. The lowest BCUT2D eigenvalue weighted by molar-refractivity contribution is -0.140. The summed E-state index contributed by atoms with van der Waals surface area (Å²) in [4.78, 5) is 16.1. The molecule has 0 unspecified atom stereocenters. The van der Waals surface area contributed by atoms with Gasteiger partial charge in [0.25, 0.3) is 5.89 Å². The van der Waals surface area contributed by atoms with E-state index in [1.54, 1.807) is 6.07 Å². The molecule has 0 spiro atoms. The van der Waals surface area contributed by atoms with Gasteiger partial charge in [-0.05, 0) is 19.1 Å². The van der Waals surface area contributed by atoms with Gasteiger partial charge in [-0.2, -0.15) is 13.4 Å². The third-order valence-electron chi connectivity index (χ3n) is 3.44. The normalized spacial score (nSPS) is 16.0. The summed E-state index contributed by atoms with van der Waals surface area (Å²) in [6.45, 7) is 1.04. The molecule has 136 valence electrons. The third-order valence-corrected chi connectivity index (χ3v) is 4.78. The number of nitrogens with zero attached hydrogens (tertiary/aromatic N) is 4. The first kappa shape index (κ1) is 17.7. The zero-order chi connectivity index (χ0) is 18.9. The van der Waals surface area contributed by atoms with Crippen molar-refractivity contribution in [3.8, 4) is 11.5 Å². The van der Waals surface area contributed by atoms with Crippen molar-refractivity contribution >= 4 is 21.9 Å². The number of carbonyl (C=O) groups excluding carboxylic acids is 1. The fourth-order valence-corrected chi connectivity index (χ4v) is 2.91. The molecule has 0 atom stereocenters. The summed E-state index contributed by atoms with van der Waals surface area (Å²) in [5.41, 5.74) is 0.121. The van der Waals surface area contributed by atoms with Crippen molar-refractivity contribution in [2.45, 2.75) is 13.5 Å². The van der Waals surface area contributed by atoms with E-state index in [-0.39, 0.29) is 35.2 Å². The van der Waals surface area contributed by atoms with Crippen molar-refractivity contribution in [2.24, 2.45) is 4.40 Å². The molecule has 0 saturated carbocycles. The number of ether oxygens (including phenoxy) is 1. The van der Waals surface area contributed by atoms with E-state index in [0.29, 0.717) is 0 Å². The molecule has 0 fully saturated rings. The molecule has 0 aliphatic carbocycles. The van der Waals surface area contributed by atoms with Gasteiger partial charge in [0, 0.05) is 13.2 Å². The van der Waals surface area contributed by atoms with Crippen molar-refractivity contribution in [3.63, 3.8) is 0 Å². The van der Waals surface area contributed by atoms with Crippen LogP contribution in [0.15, 0.2) is 45.0 Å².